The number of nitrogens with one attached hydrogen (secondary N) is 2. The Bertz CT molecular complexity index is 751. The molecule has 3 heterocycles. The Morgan fingerprint density at radius 1 is 1.21 bits per heavy atom. The van der Waals surface area contributed by atoms with Crippen molar-refractivity contribution in [3.05, 3.63) is 18.0 Å². The molecule has 2 N–H and O–H groups in total. The van der Waals surface area contributed by atoms with E-state index in [-0.39, 0.29) is 17.8 Å². The summed E-state index contributed by atoms with van der Waals surface area (Å²) in [5.41, 5.74) is 0.590. The van der Waals surface area contributed by atoms with Gasteiger partial charge in [-0.3, -0.25) is 24.6 Å². The van der Waals surface area contributed by atoms with Crippen molar-refractivity contribution in [2.45, 2.75) is 64.0 Å². The van der Waals surface area contributed by atoms with Crippen LogP contribution in [0.2, 0.25) is 0 Å². The molecule has 0 aliphatic carbocycles. The molecule has 2 aliphatic rings. The van der Waals surface area contributed by atoms with Gasteiger partial charge in [0.25, 0.3) is 0 Å². The van der Waals surface area contributed by atoms with Crippen LogP contribution in [0.5, 0.6) is 0 Å². The SMILES string of the molecule is CC(C)(C)OC(=O)CN1CCC(c2cnc(NC3CCC(=O)NC3=O)nc2)CC1. The molecule has 0 radical (unpaired) electrons. The van der Waals surface area contributed by atoms with Gasteiger partial charge in [-0.05, 0) is 64.6 Å². The number of hydrogen-bond donors (Lipinski definition) is 2. The first kappa shape index (κ1) is 21.2. The third kappa shape index (κ3) is 6.22. The predicted molar refractivity (Wildman–Crippen MR) is 106 cm³/mol. The zero-order valence-corrected chi connectivity index (χ0v) is 17.2. The summed E-state index contributed by atoms with van der Waals surface area (Å²) in [6.07, 6.45) is 6.16. The number of ether oxygens (including phenoxy) is 1. The van der Waals surface area contributed by atoms with Crippen LogP contribution in [0.15, 0.2) is 12.4 Å². The fraction of sp³-hybridized carbons (Fsp3) is 0.650. The monoisotopic (exact) mass is 403 g/mol. The molecular weight excluding hydrogens is 374 g/mol. The van der Waals surface area contributed by atoms with Gasteiger partial charge in [0.1, 0.15) is 11.6 Å². The fourth-order valence-electron chi connectivity index (χ4n) is 3.59. The average Bonchev–Trinajstić information content (AvgIpc) is 2.64. The van der Waals surface area contributed by atoms with Crippen molar-refractivity contribution < 1.29 is 19.1 Å². The molecule has 1 aromatic heterocycles. The number of nitrogens with zero attached hydrogens (tertiary/aromatic N) is 3. The largest absolute Gasteiger partial charge is 0.459 e. The number of rotatable bonds is 5. The molecular formula is C20H29N5O4. The first-order valence-electron chi connectivity index (χ1n) is 10.1. The first-order chi connectivity index (χ1) is 13.7. The van der Waals surface area contributed by atoms with Crippen molar-refractivity contribution in [3.8, 4) is 0 Å². The van der Waals surface area contributed by atoms with Crippen LogP contribution in [0.1, 0.15) is 57.9 Å². The van der Waals surface area contributed by atoms with E-state index in [0.717, 1.165) is 31.5 Å². The van der Waals surface area contributed by atoms with Crippen molar-refractivity contribution in [1.82, 2.24) is 20.2 Å². The van der Waals surface area contributed by atoms with Gasteiger partial charge in [0.2, 0.25) is 17.8 Å². The number of anilines is 1. The molecule has 0 spiro atoms. The van der Waals surface area contributed by atoms with Crippen LogP contribution in [-0.2, 0) is 19.1 Å². The van der Waals surface area contributed by atoms with Crippen LogP contribution in [-0.4, -0.2) is 63.9 Å². The third-order valence-corrected chi connectivity index (χ3v) is 5.05. The summed E-state index contributed by atoms with van der Waals surface area (Å²) in [5.74, 6) is -0.0584. The molecule has 2 saturated heterocycles. The molecule has 1 atom stereocenters. The maximum absolute atomic E-state index is 12.0. The quantitative estimate of drug-likeness (QED) is 0.557. The summed E-state index contributed by atoms with van der Waals surface area (Å²) in [4.78, 5) is 45.8. The first-order valence-corrected chi connectivity index (χ1v) is 10.1. The Balaban J connectivity index is 1.47. The summed E-state index contributed by atoms with van der Waals surface area (Å²) < 4.78 is 5.39. The second-order valence-corrected chi connectivity index (χ2v) is 8.62. The lowest BCUT2D eigenvalue weighted by Crippen LogP contribution is -2.47. The van der Waals surface area contributed by atoms with Crippen LogP contribution in [0, 0.1) is 0 Å². The lowest BCUT2D eigenvalue weighted by Gasteiger charge is -2.32. The summed E-state index contributed by atoms with van der Waals surface area (Å²) >= 11 is 0. The van der Waals surface area contributed by atoms with E-state index in [1.807, 2.05) is 20.8 Å². The second-order valence-electron chi connectivity index (χ2n) is 8.62. The van der Waals surface area contributed by atoms with Gasteiger partial charge in [-0.2, -0.15) is 0 Å². The van der Waals surface area contributed by atoms with Gasteiger partial charge < -0.3 is 10.1 Å². The highest BCUT2D eigenvalue weighted by atomic mass is 16.6. The summed E-state index contributed by atoms with van der Waals surface area (Å²) in [7, 11) is 0. The fourth-order valence-corrected chi connectivity index (χ4v) is 3.59. The Labute approximate surface area is 170 Å². The molecule has 1 aromatic rings. The minimum atomic E-state index is -0.491. The van der Waals surface area contributed by atoms with Crippen LogP contribution >= 0.6 is 0 Å². The van der Waals surface area contributed by atoms with E-state index in [1.165, 1.54) is 0 Å². The number of aromatic nitrogens is 2. The van der Waals surface area contributed by atoms with E-state index < -0.39 is 11.6 Å². The smallest absolute Gasteiger partial charge is 0.320 e. The number of amides is 2. The van der Waals surface area contributed by atoms with Gasteiger partial charge in [0, 0.05) is 18.8 Å². The van der Waals surface area contributed by atoms with Crippen molar-refractivity contribution >= 4 is 23.7 Å². The lowest BCUT2D eigenvalue weighted by molar-refractivity contribution is -0.156. The molecule has 158 valence electrons. The molecule has 2 aliphatic heterocycles. The number of carbonyl (C=O) groups excluding carboxylic acids is 3. The van der Waals surface area contributed by atoms with E-state index in [0.29, 0.717) is 31.3 Å². The van der Waals surface area contributed by atoms with Crippen molar-refractivity contribution in [2.24, 2.45) is 0 Å². The zero-order chi connectivity index (χ0) is 21.0. The zero-order valence-electron chi connectivity index (χ0n) is 17.2. The Kier molecular flexibility index (Phi) is 6.46. The van der Waals surface area contributed by atoms with Gasteiger partial charge >= 0.3 is 5.97 Å². The molecule has 9 nitrogen and oxygen atoms in total. The summed E-state index contributed by atoms with van der Waals surface area (Å²) in [5, 5.41) is 5.29. The molecule has 2 fully saturated rings. The maximum atomic E-state index is 12.0. The van der Waals surface area contributed by atoms with Crippen molar-refractivity contribution in [2.75, 3.05) is 25.0 Å². The normalized spacial score (nSPS) is 21.6. The highest BCUT2D eigenvalue weighted by Crippen LogP contribution is 2.27. The summed E-state index contributed by atoms with van der Waals surface area (Å²) in [6.45, 7) is 7.57. The molecule has 1 unspecified atom stereocenters. The van der Waals surface area contributed by atoms with E-state index >= 15 is 0 Å². The van der Waals surface area contributed by atoms with E-state index in [1.54, 1.807) is 12.4 Å². The van der Waals surface area contributed by atoms with E-state index in [2.05, 4.69) is 25.5 Å². The average molecular weight is 403 g/mol. The lowest BCUT2D eigenvalue weighted by atomic mass is 9.91. The van der Waals surface area contributed by atoms with Crippen LogP contribution in [0.4, 0.5) is 5.95 Å². The highest BCUT2D eigenvalue weighted by Gasteiger charge is 2.28. The van der Waals surface area contributed by atoms with Gasteiger partial charge in [-0.25, -0.2) is 9.97 Å². The molecule has 0 aromatic carbocycles. The van der Waals surface area contributed by atoms with Crippen LogP contribution in [0.3, 0.4) is 0 Å². The Hall–Kier alpha value is -2.55. The third-order valence-electron chi connectivity index (χ3n) is 5.05. The number of hydrogen-bond acceptors (Lipinski definition) is 8. The standard InChI is InChI=1S/C20H29N5O4/c1-20(2,3)29-17(27)12-25-8-6-13(7-9-25)14-10-21-19(22-11-14)23-15-4-5-16(26)24-18(15)28/h10-11,13,15H,4-9,12H2,1-3H3,(H,21,22,23)(H,24,26,28). The predicted octanol–water partition coefficient (Wildman–Crippen LogP) is 1.21. The molecule has 3 rings (SSSR count). The Morgan fingerprint density at radius 2 is 1.86 bits per heavy atom. The topological polar surface area (TPSA) is 114 Å². The van der Waals surface area contributed by atoms with Gasteiger partial charge in [-0.15, -0.1) is 0 Å². The van der Waals surface area contributed by atoms with Crippen molar-refractivity contribution in [3.63, 3.8) is 0 Å². The molecule has 9 heteroatoms. The number of esters is 1. The van der Waals surface area contributed by atoms with Crippen molar-refractivity contribution in [1.29, 1.82) is 0 Å². The number of piperidine rings is 2. The minimum Gasteiger partial charge on any atom is -0.459 e. The number of likely N-dealkylation sites (tertiary alicyclic amines) is 1. The van der Waals surface area contributed by atoms with Gasteiger partial charge in [0.05, 0.1) is 6.54 Å². The molecule has 0 saturated carbocycles. The summed E-state index contributed by atoms with van der Waals surface area (Å²) in [6, 6.07) is -0.491. The van der Waals surface area contributed by atoms with Gasteiger partial charge in [-0.1, -0.05) is 0 Å². The minimum absolute atomic E-state index is 0.192. The Morgan fingerprint density at radius 3 is 2.45 bits per heavy atom. The number of carbonyl (C=O) groups is 3. The molecule has 29 heavy (non-hydrogen) atoms. The van der Waals surface area contributed by atoms with Gasteiger partial charge in [0.15, 0.2) is 0 Å². The molecule has 0 bridgehead atoms. The second kappa shape index (κ2) is 8.86. The van der Waals surface area contributed by atoms with Crippen LogP contribution < -0.4 is 10.6 Å². The van der Waals surface area contributed by atoms with Crippen LogP contribution in [0.25, 0.3) is 0 Å². The van der Waals surface area contributed by atoms with E-state index in [9.17, 15) is 14.4 Å². The maximum Gasteiger partial charge on any atom is 0.320 e. The highest BCUT2D eigenvalue weighted by molar-refractivity contribution is 6.01. The van der Waals surface area contributed by atoms with E-state index in [4.69, 9.17) is 4.74 Å². The molecule has 2 amide bonds. The number of imide groups is 1.